The second kappa shape index (κ2) is 6.21. The Morgan fingerprint density at radius 1 is 1.35 bits per heavy atom. The van der Waals surface area contributed by atoms with E-state index in [0.29, 0.717) is 17.9 Å². The molecule has 0 saturated carbocycles. The summed E-state index contributed by atoms with van der Waals surface area (Å²) in [6, 6.07) is 9.51. The first-order valence-electron chi connectivity index (χ1n) is 7.31. The Hall–Kier alpha value is -2.67. The van der Waals surface area contributed by atoms with Crippen LogP contribution in [0.5, 0.6) is 0 Å². The molecular formula is C16H17N3O4. The van der Waals surface area contributed by atoms with E-state index >= 15 is 0 Å². The molecule has 23 heavy (non-hydrogen) atoms. The van der Waals surface area contributed by atoms with Crippen molar-refractivity contribution in [1.29, 1.82) is 0 Å². The van der Waals surface area contributed by atoms with Crippen molar-refractivity contribution in [1.82, 2.24) is 15.1 Å². The van der Waals surface area contributed by atoms with Gasteiger partial charge in [-0.1, -0.05) is 29.8 Å². The third kappa shape index (κ3) is 3.24. The van der Waals surface area contributed by atoms with E-state index in [9.17, 15) is 9.59 Å². The summed E-state index contributed by atoms with van der Waals surface area (Å²) in [7, 11) is 0. The Kier molecular flexibility index (Phi) is 4.12. The number of nitrogens with one attached hydrogen (secondary N) is 1. The van der Waals surface area contributed by atoms with Crippen LogP contribution in [0.25, 0.3) is 11.3 Å². The molecule has 1 fully saturated rings. The second-order valence-corrected chi connectivity index (χ2v) is 5.48. The number of rotatable bonds is 3. The predicted molar refractivity (Wildman–Crippen MR) is 82.0 cm³/mol. The lowest BCUT2D eigenvalue weighted by molar-refractivity contribution is -0.154. The molecule has 1 aliphatic heterocycles. The summed E-state index contributed by atoms with van der Waals surface area (Å²) in [5, 5.41) is 15.9. The Balaban J connectivity index is 1.75. The quantitative estimate of drug-likeness (QED) is 0.890. The minimum atomic E-state index is -1.06. The maximum Gasteiger partial charge on any atom is 0.334 e. The zero-order chi connectivity index (χ0) is 16.4. The number of ether oxygens (including phenoxy) is 1. The molecule has 0 spiro atoms. The number of aryl methyl sites for hydroxylation is 1. The number of aliphatic carboxylic acids is 1. The summed E-state index contributed by atoms with van der Waals surface area (Å²) in [6.07, 6.45) is -0.979. The number of H-pyrrole nitrogens is 1. The fourth-order valence-corrected chi connectivity index (χ4v) is 2.46. The monoisotopic (exact) mass is 315 g/mol. The van der Waals surface area contributed by atoms with Crippen molar-refractivity contribution in [3.05, 3.63) is 41.6 Å². The van der Waals surface area contributed by atoms with Gasteiger partial charge >= 0.3 is 5.97 Å². The van der Waals surface area contributed by atoms with Gasteiger partial charge in [-0.3, -0.25) is 9.89 Å². The number of hydrogen-bond donors (Lipinski definition) is 2. The number of carboxylic acids is 1. The number of morpholine rings is 1. The van der Waals surface area contributed by atoms with E-state index in [4.69, 9.17) is 9.84 Å². The predicted octanol–water partition coefficient (Wildman–Crippen LogP) is 1.31. The van der Waals surface area contributed by atoms with Gasteiger partial charge in [0.1, 0.15) is 5.69 Å². The van der Waals surface area contributed by atoms with Crippen LogP contribution in [0.1, 0.15) is 16.1 Å². The number of carbonyl (C=O) groups excluding carboxylic acids is 1. The highest BCUT2D eigenvalue weighted by molar-refractivity contribution is 5.93. The van der Waals surface area contributed by atoms with Crippen LogP contribution >= 0.6 is 0 Å². The van der Waals surface area contributed by atoms with Crippen molar-refractivity contribution in [2.45, 2.75) is 13.0 Å². The van der Waals surface area contributed by atoms with Gasteiger partial charge < -0.3 is 14.7 Å². The highest BCUT2D eigenvalue weighted by atomic mass is 16.5. The number of nitrogens with zero attached hydrogens (tertiary/aromatic N) is 2. The minimum Gasteiger partial charge on any atom is -0.479 e. The number of benzene rings is 1. The summed E-state index contributed by atoms with van der Waals surface area (Å²) < 4.78 is 5.12. The van der Waals surface area contributed by atoms with Crippen LogP contribution in [-0.2, 0) is 9.53 Å². The number of hydrogen-bond acceptors (Lipinski definition) is 4. The maximum atomic E-state index is 12.5. The van der Waals surface area contributed by atoms with E-state index in [1.165, 1.54) is 4.90 Å². The first-order valence-corrected chi connectivity index (χ1v) is 7.31. The number of amides is 1. The summed E-state index contributed by atoms with van der Waals surface area (Å²) in [6.45, 7) is 2.61. The number of carbonyl (C=O) groups is 2. The fourth-order valence-electron chi connectivity index (χ4n) is 2.46. The van der Waals surface area contributed by atoms with Gasteiger partial charge in [-0.15, -0.1) is 0 Å². The number of carboxylic acid groups (broad SMARTS) is 1. The van der Waals surface area contributed by atoms with Crippen LogP contribution in [0.3, 0.4) is 0 Å². The van der Waals surface area contributed by atoms with Crippen LogP contribution in [-0.4, -0.2) is 57.9 Å². The lowest BCUT2D eigenvalue weighted by atomic mass is 10.1. The summed E-state index contributed by atoms with van der Waals surface area (Å²) in [5.74, 6) is -1.34. The van der Waals surface area contributed by atoms with Gasteiger partial charge in [0.2, 0.25) is 0 Å². The summed E-state index contributed by atoms with van der Waals surface area (Å²) in [5.41, 5.74) is 3.08. The molecule has 120 valence electrons. The van der Waals surface area contributed by atoms with Crippen molar-refractivity contribution in [3.63, 3.8) is 0 Å². The first-order chi connectivity index (χ1) is 11.0. The standard InChI is InChI=1S/C16H17N3O4/c1-10-2-4-11(5-3-10)12-8-13(18-17-12)15(20)19-6-7-23-14(9-19)16(21)22/h2-5,8,14H,6-7,9H2,1H3,(H,17,18)(H,21,22)/t14-/m1/s1. The van der Waals surface area contributed by atoms with Crippen molar-refractivity contribution in [2.24, 2.45) is 0 Å². The second-order valence-electron chi connectivity index (χ2n) is 5.48. The van der Waals surface area contributed by atoms with Crippen molar-refractivity contribution in [3.8, 4) is 11.3 Å². The van der Waals surface area contributed by atoms with E-state index in [2.05, 4.69) is 10.2 Å². The van der Waals surface area contributed by atoms with Crippen LogP contribution in [0.15, 0.2) is 30.3 Å². The smallest absolute Gasteiger partial charge is 0.334 e. The lowest BCUT2D eigenvalue weighted by Crippen LogP contribution is -2.48. The van der Waals surface area contributed by atoms with Gasteiger partial charge in [-0.2, -0.15) is 5.10 Å². The van der Waals surface area contributed by atoms with Crippen LogP contribution in [0.2, 0.25) is 0 Å². The van der Waals surface area contributed by atoms with Gasteiger partial charge in [0.05, 0.1) is 18.8 Å². The van der Waals surface area contributed by atoms with E-state index in [-0.39, 0.29) is 19.1 Å². The molecule has 0 aliphatic carbocycles. The third-order valence-corrected chi connectivity index (χ3v) is 3.78. The van der Waals surface area contributed by atoms with E-state index < -0.39 is 12.1 Å². The average Bonchev–Trinajstić information content (AvgIpc) is 3.05. The Morgan fingerprint density at radius 3 is 2.78 bits per heavy atom. The van der Waals surface area contributed by atoms with Crippen LogP contribution in [0, 0.1) is 6.92 Å². The topological polar surface area (TPSA) is 95.5 Å². The van der Waals surface area contributed by atoms with Gasteiger partial charge in [-0.05, 0) is 13.0 Å². The van der Waals surface area contributed by atoms with Crippen LogP contribution < -0.4 is 0 Å². The van der Waals surface area contributed by atoms with E-state index in [1.54, 1.807) is 6.07 Å². The molecule has 0 radical (unpaired) electrons. The van der Waals surface area contributed by atoms with Gasteiger partial charge in [-0.25, -0.2) is 4.79 Å². The molecule has 7 heteroatoms. The molecule has 0 bridgehead atoms. The Labute approximate surface area is 132 Å². The zero-order valence-electron chi connectivity index (χ0n) is 12.7. The van der Waals surface area contributed by atoms with E-state index in [0.717, 1.165) is 11.1 Å². The normalized spacial score (nSPS) is 18.0. The molecular weight excluding hydrogens is 298 g/mol. The zero-order valence-corrected chi connectivity index (χ0v) is 12.7. The van der Waals surface area contributed by atoms with Gasteiger partial charge in [0.25, 0.3) is 5.91 Å². The average molecular weight is 315 g/mol. The number of aromatic amines is 1. The Bertz CT molecular complexity index is 723. The molecule has 3 rings (SSSR count). The van der Waals surface area contributed by atoms with Crippen molar-refractivity contribution in [2.75, 3.05) is 19.7 Å². The van der Waals surface area contributed by atoms with Gasteiger partial charge in [0.15, 0.2) is 6.10 Å². The molecule has 7 nitrogen and oxygen atoms in total. The van der Waals surface area contributed by atoms with Crippen LogP contribution in [0.4, 0.5) is 0 Å². The molecule has 2 N–H and O–H groups in total. The molecule has 2 aromatic rings. The molecule has 2 heterocycles. The summed E-state index contributed by atoms with van der Waals surface area (Å²) in [4.78, 5) is 24.9. The lowest BCUT2D eigenvalue weighted by Gasteiger charge is -2.30. The molecule has 1 aromatic carbocycles. The highest BCUT2D eigenvalue weighted by Gasteiger charge is 2.30. The molecule has 1 aromatic heterocycles. The first kappa shape index (κ1) is 15.2. The van der Waals surface area contributed by atoms with Crippen molar-refractivity contribution >= 4 is 11.9 Å². The molecule has 1 saturated heterocycles. The number of aromatic nitrogens is 2. The largest absolute Gasteiger partial charge is 0.479 e. The maximum absolute atomic E-state index is 12.5. The fraction of sp³-hybridized carbons (Fsp3) is 0.312. The summed E-state index contributed by atoms with van der Waals surface area (Å²) >= 11 is 0. The SMILES string of the molecule is Cc1ccc(-c2cc(C(=O)N3CCO[C@@H](C(=O)O)C3)[nH]n2)cc1. The highest BCUT2D eigenvalue weighted by Crippen LogP contribution is 2.19. The van der Waals surface area contributed by atoms with Gasteiger partial charge in [0, 0.05) is 12.1 Å². The molecule has 1 amide bonds. The van der Waals surface area contributed by atoms with E-state index in [1.807, 2.05) is 31.2 Å². The Morgan fingerprint density at radius 2 is 2.09 bits per heavy atom. The minimum absolute atomic E-state index is 0.0348. The molecule has 0 unspecified atom stereocenters. The third-order valence-electron chi connectivity index (χ3n) is 3.78. The molecule has 1 aliphatic rings. The van der Waals surface area contributed by atoms with Crippen molar-refractivity contribution < 1.29 is 19.4 Å². The molecule has 1 atom stereocenters.